The highest BCUT2D eigenvalue weighted by atomic mass is 15.3. The van der Waals surface area contributed by atoms with E-state index in [1.165, 1.54) is 12.8 Å². The predicted molar refractivity (Wildman–Crippen MR) is 98.6 cm³/mol. The lowest BCUT2D eigenvalue weighted by Crippen LogP contribution is -2.34. The van der Waals surface area contributed by atoms with Crippen LogP contribution in [0.1, 0.15) is 25.5 Å². The second-order valence-corrected chi connectivity index (χ2v) is 7.11. The van der Waals surface area contributed by atoms with Gasteiger partial charge in [-0.3, -0.25) is 4.98 Å². The van der Waals surface area contributed by atoms with Crippen molar-refractivity contribution in [3.8, 4) is 11.3 Å². The monoisotopic (exact) mass is 332 g/mol. The zero-order valence-corrected chi connectivity index (χ0v) is 14.3. The van der Waals surface area contributed by atoms with Gasteiger partial charge in [0.25, 0.3) is 0 Å². The summed E-state index contributed by atoms with van der Waals surface area (Å²) in [5.74, 6) is 1.52. The van der Waals surface area contributed by atoms with E-state index in [1.807, 2.05) is 29.9 Å². The molecular weight excluding hydrogens is 312 g/mol. The maximum atomic E-state index is 4.69. The molecular formula is C19H20N6. The third-order valence-electron chi connectivity index (χ3n) is 5.10. The summed E-state index contributed by atoms with van der Waals surface area (Å²) in [5.41, 5.74) is 5.26. The largest absolute Gasteiger partial charge is 0.354 e. The number of aromatic nitrogens is 5. The Morgan fingerprint density at radius 3 is 2.96 bits per heavy atom. The van der Waals surface area contributed by atoms with Crippen molar-refractivity contribution in [1.29, 1.82) is 0 Å². The van der Waals surface area contributed by atoms with Gasteiger partial charge in [-0.15, -0.1) is 5.10 Å². The summed E-state index contributed by atoms with van der Waals surface area (Å²) in [6.07, 6.45) is 8.06. The predicted octanol–water partition coefficient (Wildman–Crippen LogP) is 3.79. The third-order valence-corrected chi connectivity index (χ3v) is 5.10. The number of pyridine rings is 1. The molecule has 6 heteroatoms. The molecule has 5 rings (SSSR count). The van der Waals surface area contributed by atoms with Gasteiger partial charge in [0, 0.05) is 46.8 Å². The zero-order valence-electron chi connectivity index (χ0n) is 14.3. The average molecular weight is 332 g/mol. The SMILES string of the molecule is Cc1nc(NC2CC(C)C2)nn2ccc(-c3cc4cnccc4[nH]3)c12. The molecule has 1 aliphatic carbocycles. The van der Waals surface area contributed by atoms with E-state index in [-0.39, 0.29) is 0 Å². The highest BCUT2D eigenvalue weighted by Crippen LogP contribution is 2.31. The standard InChI is InChI=1S/C19H20N6/c1-11-7-14(8-11)22-19-21-12(2)18-15(4-6-25(18)24-19)17-9-13-10-20-5-3-16(13)23-17/h3-6,9-11,14,23H,7-8H2,1-2H3,(H,22,24). The Morgan fingerprint density at radius 1 is 1.28 bits per heavy atom. The molecule has 6 nitrogen and oxygen atoms in total. The van der Waals surface area contributed by atoms with Crippen molar-refractivity contribution in [1.82, 2.24) is 24.6 Å². The number of anilines is 1. The van der Waals surface area contributed by atoms with Crippen molar-refractivity contribution in [2.24, 2.45) is 5.92 Å². The van der Waals surface area contributed by atoms with Crippen molar-refractivity contribution in [2.75, 3.05) is 5.32 Å². The maximum Gasteiger partial charge on any atom is 0.241 e. The van der Waals surface area contributed by atoms with E-state index in [9.17, 15) is 0 Å². The van der Waals surface area contributed by atoms with E-state index in [4.69, 9.17) is 4.98 Å². The fraction of sp³-hybridized carbons (Fsp3) is 0.316. The molecule has 1 saturated carbocycles. The second-order valence-electron chi connectivity index (χ2n) is 7.11. The van der Waals surface area contributed by atoms with Crippen LogP contribution in [0.4, 0.5) is 5.95 Å². The number of nitrogens with zero attached hydrogens (tertiary/aromatic N) is 4. The summed E-state index contributed by atoms with van der Waals surface area (Å²) < 4.78 is 1.92. The number of hydrogen-bond acceptors (Lipinski definition) is 4. The summed E-state index contributed by atoms with van der Waals surface area (Å²) >= 11 is 0. The van der Waals surface area contributed by atoms with Crippen molar-refractivity contribution >= 4 is 22.4 Å². The molecule has 25 heavy (non-hydrogen) atoms. The van der Waals surface area contributed by atoms with Gasteiger partial charge in [0.15, 0.2) is 0 Å². The summed E-state index contributed by atoms with van der Waals surface area (Å²) in [7, 11) is 0. The van der Waals surface area contributed by atoms with Gasteiger partial charge in [-0.1, -0.05) is 6.92 Å². The first-order chi connectivity index (χ1) is 12.2. The van der Waals surface area contributed by atoms with Gasteiger partial charge in [-0.05, 0) is 43.9 Å². The number of fused-ring (bicyclic) bond motifs is 2. The van der Waals surface area contributed by atoms with Crippen LogP contribution in [-0.2, 0) is 0 Å². The Kier molecular flexibility index (Phi) is 3.07. The van der Waals surface area contributed by atoms with E-state index in [2.05, 4.69) is 39.4 Å². The minimum absolute atomic E-state index is 0.503. The maximum absolute atomic E-state index is 4.69. The summed E-state index contributed by atoms with van der Waals surface area (Å²) in [5, 5.41) is 9.21. The normalized spacial score (nSPS) is 20.1. The van der Waals surface area contributed by atoms with Crippen LogP contribution >= 0.6 is 0 Å². The fourth-order valence-corrected chi connectivity index (χ4v) is 3.80. The van der Waals surface area contributed by atoms with E-state index in [0.29, 0.717) is 12.0 Å². The van der Waals surface area contributed by atoms with Crippen LogP contribution in [0.15, 0.2) is 36.8 Å². The van der Waals surface area contributed by atoms with E-state index >= 15 is 0 Å². The number of aromatic amines is 1. The van der Waals surface area contributed by atoms with Gasteiger partial charge in [-0.25, -0.2) is 9.50 Å². The van der Waals surface area contributed by atoms with Crippen LogP contribution in [0.3, 0.4) is 0 Å². The minimum atomic E-state index is 0.503. The quantitative estimate of drug-likeness (QED) is 0.599. The van der Waals surface area contributed by atoms with Gasteiger partial charge in [0.1, 0.15) is 0 Å². The highest BCUT2D eigenvalue weighted by molar-refractivity contribution is 5.90. The molecule has 0 amide bonds. The molecule has 0 radical (unpaired) electrons. The zero-order chi connectivity index (χ0) is 17.0. The van der Waals surface area contributed by atoms with Crippen LogP contribution in [0.5, 0.6) is 0 Å². The number of nitrogens with one attached hydrogen (secondary N) is 2. The molecule has 0 aromatic carbocycles. The second kappa shape index (κ2) is 5.31. The minimum Gasteiger partial charge on any atom is -0.354 e. The third kappa shape index (κ3) is 2.36. The van der Waals surface area contributed by atoms with E-state index < -0.39 is 0 Å². The topological polar surface area (TPSA) is 70.9 Å². The van der Waals surface area contributed by atoms with Crippen LogP contribution in [0.25, 0.3) is 27.7 Å². The van der Waals surface area contributed by atoms with Gasteiger partial charge < -0.3 is 10.3 Å². The Balaban J connectivity index is 1.56. The molecule has 2 N–H and O–H groups in total. The summed E-state index contributed by atoms with van der Waals surface area (Å²) in [6.45, 7) is 4.32. The lowest BCUT2D eigenvalue weighted by Gasteiger charge is -2.33. The first kappa shape index (κ1) is 14.5. The van der Waals surface area contributed by atoms with Crippen LogP contribution in [0, 0.1) is 12.8 Å². The number of aryl methyl sites for hydroxylation is 1. The van der Waals surface area contributed by atoms with Gasteiger partial charge in [-0.2, -0.15) is 0 Å². The molecule has 0 unspecified atom stereocenters. The van der Waals surface area contributed by atoms with Crippen LogP contribution < -0.4 is 5.32 Å². The number of hydrogen-bond donors (Lipinski definition) is 2. The van der Waals surface area contributed by atoms with E-state index in [1.54, 1.807) is 6.20 Å². The molecule has 0 aliphatic heterocycles. The molecule has 4 aromatic rings. The van der Waals surface area contributed by atoms with Crippen molar-refractivity contribution in [2.45, 2.75) is 32.7 Å². The molecule has 0 atom stereocenters. The highest BCUT2D eigenvalue weighted by Gasteiger charge is 2.26. The molecule has 1 fully saturated rings. The van der Waals surface area contributed by atoms with Crippen LogP contribution in [-0.4, -0.2) is 30.6 Å². The molecule has 126 valence electrons. The molecule has 1 aliphatic rings. The first-order valence-corrected chi connectivity index (χ1v) is 8.73. The first-order valence-electron chi connectivity index (χ1n) is 8.73. The lowest BCUT2D eigenvalue weighted by atomic mass is 9.82. The molecule has 4 aromatic heterocycles. The lowest BCUT2D eigenvalue weighted by molar-refractivity contribution is 0.307. The Bertz CT molecular complexity index is 1040. The Morgan fingerprint density at radius 2 is 2.16 bits per heavy atom. The molecule has 0 bridgehead atoms. The Hall–Kier alpha value is -2.89. The van der Waals surface area contributed by atoms with Gasteiger partial charge in [0.05, 0.1) is 11.2 Å². The van der Waals surface area contributed by atoms with Crippen molar-refractivity contribution in [3.63, 3.8) is 0 Å². The van der Waals surface area contributed by atoms with Gasteiger partial charge in [0.2, 0.25) is 5.95 Å². The van der Waals surface area contributed by atoms with Crippen molar-refractivity contribution < 1.29 is 0 Å². The average Bonchev–Trinajstić information content (AvgIpc) is 3.16. The Labute approximate surface area is 145 Å². The summed E-state index contributed by atoms with van der Waals surface area (Å²) in [6, 6.07) is 6.70. The smallest absolute Gasteiger partial charge is 0.241 e. The molecule has 0 spiro atoms. The van der Waals surface area contributed by atoms with Gasteiger partial charge >= 0.3 is 0 Å². The van der Waals surface area contributed by atoms with Crippen molar-refractivity contribution in [3.05, 3.63) is 42.5 Å². The fourth-order valence-electron chi connectivity index (χ4n) is 3.80. The van der Waals surface area contributed by atoms with Crippen LogP contribution in [0.2, 0.25) is 0 Å². The number of rotatable bonds is 3. The number of H-pyrrole nitrogens is 1. The van der Waals surface area contributed by atoms with E-state index in [0.717, 1.165) is 39.3 Å². The molecule has 0 saturated heterocycles. The summed E-state index contributed by atoms with van der Waals surface area (Å²) in [4.78, 5) is 12.3. The molecule has 4 heterocycles.